The minimum absolute atomic E-state index is 0.00803. The molecule has 0 radical (unpaired) electrons. The van der Waals surface area contributed by atoms with Crippen LogP contribution in [0, 0.1) is 11.7 Å². The minimum atomic E-state index is -0.999. The summed E-state index contributed by atoms with van der Waals surface area (Å²) < 4.78 is 12.9. The second kappa shape index (κ2) is 7.47. The van der Waals surface area contributed by atoms with Gasteiger partial charge in [0.2, 0.25) is 11.7 Å². The summed E-state index contributed by atoms with van der Waals surface area (Å²) in [5.74, 6) is -2.80. The standard InChI is InChI=1S/C20H19FN2O3/c21-16-7-3-13(4-8-16)1-2-14-5-9-17(10-6-14)23-12-15(11-18(23)24)19(25)20(22)26/h3-10,15H,1-2,11-12H2,(H2,22,26). The van der Waals surface area contributed by atoms with Crippen molar-refractivity contribution in [3.63, 3.8) is 0 Å². The first kappa shape index (κ1) is 17.8. The summed E-state index contributed by atoms with van der Waals surface area (Å²) in [6, 6.07) is 13.9. The van der Waals surface area contributed by atoms with Gasteiger partial charge in [-0.05, 0) is 48.2 Å². The van der Waals surface area contributed by atoms with Crippen molar-refractivity contribution in [3.8, 4) is 0 Å². The van der Waals surface area contributed by atoms with Crippen LogP contribution in [-0.4, -0.2) is 24.1 Å². The number of primary amides is 1. The molecule has 26 heavy (non-hydrogen) atoms. The summed E-state index contributed by atoms with van der Waals surface area (Å²) >= 11 is 0. The average Bonchev–Trinajstić information content (AvgIpc) is 3.02. The normalized spacial score (nSPS) is 16.7. The van der Waals surface area contributed by atoms with Gasteiger partial charge in [-0.2, -0.15) is 0 Å². The number of anilines is 1. The van der Waals surface area contributed by atoms with E-state index in [1.54, 1.807) is 12.1 Å². The number of Topliss-reactive ketones (excluding diaryl/α,β-unsaturated/α-hetero) is 1. The number of aryl methyl sites for hydroxylation is 2. The molecule has 1 unspecified atom stereocenters. The number of ketones is 1. The number of rotatable bonds is 6. The molecule has 0 aromatic heterocycles. The molecular formula is C20H19FN2O3. The second-order valence-corrected chi connectivity index (χ2v) is 6.43. The Morgan fingerprint density at radius 3 is 2.08 bits per heavy atom. The molecule has 6 heteroatoms. The van der Waals surface area contributed by atoms with E-state index in [2.05, 4.69) is 0 Å². The van der Waals surface area contributed by atoms with Crippen molar-refractivity contribution >= 4 is 23.3 Å². The van der Waals surface area contributed by atoms with E-state index in [4.69, 9.17) is 5.73 Å². The zero-order valence-corrected chi connectivity index (χ0v) is 14.2. The molecule has 0 saturated carbocycles. The molecule has 2 aromatic rings. The minimum Gasteiger partial charge on any atom is -0.363 e. The van der Waals surface area contributed by atoms with Gasteiger partial charge in [0.15, 0.2) is 0 Å². The van der Waals surface area contributed by atoms with Gasteiger partial charge in [-0.15, -0.1) is 0 Å². The SMILES string of the molecule is NC(=O)C(=O)C1CC(=O)N(c2ccc(CCc3ccc(F)cc3)cc2)C1. The molecule has 1 aliphatic rings. The van der Waals surface area contributed by atoms with Gasteiger partial charge in [0.1, 0.15) is 5.82 Å². The van der Waals surface area contributed by atoms with E-state index < -0.39 is 17.6 Å². The van der Waals surface area contributed by atoms with Gasteiger partial charge >= 0.3 is 0 Å². The molecule has 1 saturated heterocycles. The highest BCUT2D eigenvalue weighted by Crippen LogP contribution is 2.26. The van der Waals surface area contributed by atoms with E-state index in [1.807, 2.05) is 24.3 Å². The number of hydrogen-bond acceptors (Lipinski definition) is 3. The lowest BCUT2D eigenvalue weighted by atomic mass is 10.0. The number of benzene rings is 2. The zero-order valence-electron chi connectivity index (χ0n) is 14.2. The van der Waals surface area contributed by atoms with Crippen LogP contribution >= 0.6 is 0 Å². The number of halogens is 1. The van der Waals surface area contributed by atoms with Gasteiger partial charge in [-0.1, -0.05) is 24.3 Å². The smallest absolute Gasteiger partial charge is 0.285 e. The summed E-state index contributed by atoms with van der Waals surface area (Å²) in [5.41, 5.74) is 7.86. The maximum atomic E-state index is 12.9. The second-order valence-electron chi connectivity index (χ2n) is 6.43. The number of carbonyl (C=O) groups is 3. The summed E-state index contributed by atoms with van der Waals surface area (Å²) in [7, 11) is 0. The predicted molar refractivity (Wildman–Crippen MR) is 94.9 cm³/mol. The first-order chi connectivity index (χ1) is 12.4. The largest absolute Gasteiger partial charge is 0.363 e. The Morgan fingerprint density at radius 1 is 1.00 bits per heavy atom. The number of carbonyl (C=O) groups excluding carboxylic acids is 3. The van der Waals surface area contributed by atoms with Crippen molar-refractivity contribution in [1.82, 2.24) is 0 Å². The number of nitrogens with zero attached hydrogens (tertiary/aromatic N) is 1. The number of nitrogens with two attached hydrogens (primary N) is 1. The van der Waals surface area contributed by atoms with Gasteiger partial charge in [-0.25, -0.2) is 4.39 Å². The summed E-state index contributed by atoms with van der Waals surface area (Å²) in [6.45, 7) is 0.176. The third kappa shape index (κ3) is 3.96. The van der Waals surface area contributed by atoms with Crippen molar-refractivity contribution < 1.29 is 18.8 Å². The van der Waals surface area contributed by atoms with Crippen LogP contribution < -0.4 is 10.6 Å². The summed E-state index contributed by atoms with van der Waals surface area (Å²) in [6.07, 6.45) is 1.59. The highest BCUT2D eigenvalue weighted by Gasteiger charge is 2.36. The number of hydrogen-bond donors (Lipinski definition) is 1. The Balaban J connectivity index is 1.62. The Kier molecular flexibility index (Phi) is 5.11. The van der Waals surface area contributed by atoms with E-state index in [-0.39, 0.29) is 24.7 Å². The fourth-order valence-corrected chi connectivity index (χ4v) is 3.12. The first-order valence-corrected chi connectivity index (χ1v) is 8.41. The van der Waals surface area contributed by atoms with Gasteiger partial charge in [0.05, 0.1) is 5.92 Å². The highest BCUT2D eigenvalue weighted by atomic mass is 19.1. The van der Waals surface area contributed by atoms with Gasteiger partial charge in [0.25, 0.3) is 5.91 Å². The topological polar surface area (TPSA) is 80.5 Å². The Bertz CT molecular complexity index is 831. The van der Waals surface area contributed by atoms with Crippen LogP contribution in [0.4, 0.5) is 10.1 Å². The van der Waals surface area contributed by atoms with Crippen LogP contribution in [0.5, 0.6) is 0 Å². The fraction of sp³-hybridized carbons (Fsp3) is 0.250. The van der Waals surface area contributed by atoms with Crippen LogP contribution in [0.25, 0.3) is 0 Å². The van der Waals surface area contributed by atoms with Crippen molar-refractivity contribution in [3.05, 3.63) is 65.5 Å². The molecule has 5 nitrogen and oxygen atoms in total. The zero-order chi connectivity index (χ0) is 18.7. The fourth-order valence-electron chi connectivity index (χ4n) is 3.12. The third-order valence-corrected chi connectivity index (χ3v) is 4.60. The van der Waals surface area contributed by atoms with Crippen LogP contribution in [0.15, 0.2) is 48.5 Å². The lowest BCUT2D eigenvalue weighted by Gasteiger charge is -2.16. The highest BCUT2D eigenvalue weighted by molar-refractivity contribution is 6.37. The maximum Gasteiger partial charge on any atom is 0.285 e. The summed E-state index contributed by atoms with van der Waals surface area (Å²) in [4.78, 5) is 36.3. The molecule has 2 N–H and O–H groups in total. The lowest BCUT2D eigenvalue weighted by Crippen LogP contribution is -2.32. The molecule has 2 amide bonds. The molecule has 134 valence electrons. The molecule has 0 bridgehead atoms. The monoisotopic (exact) mass is 354 g/mol. The predicted octanol–water partition coefficient (Wildman–Crippen LogP) is 2.02. The lowest BCUT2D eigenvalue weighted by molar-refractivity contribution is -0.138. The van der Waals surface area contributed by atoms with E-state index in [1.165, 1.54) is 17.0 Å². The Labute approximate surface area is 150 Å². The van der Waals surface area contributed by atoms with Crippen LogP contribution in [-0.2, 0) is 27.2 Å². The van der Waals surface area contributed by atoms with Gasteiger partial charge in [0, 0.05) is 18.7 Å². The van der Waals surface area contributed by atoms with Crippen molar-refractivity contribution in [2.45, 2.75) is 19.3 Å². The molecule has 1 aliphatic heterocycles. The van der Waals surface area contributed by atoms with Crippen LogP contribution in [0.3, 0.4) is 0 Å². The van der Waals surface area contributed by atoms with E-state index in [0.29, 0.717) is 5.69 Å². The van der Waals surface area contributed by atoms with Crippen molar-refractivity contribution in [1.29, 1.82) is 0 Å². The molecule has 0 aliphatic carbocycles. The van der Waals surface area contributed by atoms with E-state index >= 15 is 0 Å². The van der Waals surface area contributed by atoms with E-state index in [9.17, 15) is 18.8 Å². The average molecular weight is 354 g/mol. The third-order valence-electron chi connectivity index (χ3n) is 4.60. The quantitative estimate of drug-likeness (QED) is 0.806. The maximum absolute atomic E-state index is 12.9. The van der Waals surface area contributed by atoms with Gasteiger partial charge in [-0.3, -0.25) is 14.4 Å². The van der Waals surface area contributed by atoms with Crippen molar-refractivity contribution in [2.24, 2.45) is 11.7 Å². The van der Waals surface area contributed by atoms with Crippen molar-refractivity contribution in [2.75, 3.05) is 11.4 Å². The molecule has 0 spiro atoms. The van der Waals surface area contributed by atoms with Crippen LogP contribution in [0.2, 0.25) is 0 Å². The molecule has 1 fully saturated rings. The molecule has 1 heterocycles. The van der Waals surface area contributed by atoms with Gasteiger partial charge < -0.3 is 10.6 Å². The molecule has 2 aromatic carbocycles. The summed E-state index contributed by atoms with van der Waals surface area (Å²) in [5, 5.41) is 0. The first-order valence-electron chi connectivity index (χ1n) is 8.41. The van der Waals surface area contributed by atoms with E-state index in [0.717, 1.165) is 24.0 Å². The molecule has 3 rings (SSSR count). The Morgan fingerprint density at radius 2 is 1.54 bits per heavy atom. The van der Waals surface area contributed by atoms with Crippen LogP contribution in [0.1, 0.15) is 17.5 Å². The molecule has 1 atom stereocenters. The number of amides is 2. The molecular weight excluding hydrogens is 335 g/mol. The Hall–Kier alpha value is -3.02.